The summed E-state index contributed by atoms with van der Waals surface area (Å²) in [6.07, 6.45) is 3.09. The molecule has 0 heterocycles. The molecule has 0 unspecified atom stereocenters. The van der Waals surface area contributed by atoms with Gasteiger partial charge in [0, 0.05) is 24.2 Å². The molecule has 0 fully saturated rings. The van der Waals surface area contributed by atoms with E-state index < -0.39 is 4.92 Å². The molecule has 1 amide bonds. The van der Waals surface area contributed by atoms with Crippen LogP contribution < -0.4 is 5.32 Å². The van der Waals surface area contributed by atoms with E-state index >= 15 is 0 Å². The molecule has 0 bridgehead atoms. The summed E-state index contributed by atoms with van der Waals surface area (Å²) in [7, 11) is 0. The number of hydrogen-bond donors (Lipinski definition) is 1. The molecule has 0 radical (unpaired) electrons. The fraction of sp³-hybridized carbons (Fsp3) is 0.235. The predicted molar refractivity (Wildman–Crippen MR) is 85.7 cm³/mol. The van der Waals surface area contributed by atoms with Gasteiger partial charge in [-0.2, -0.15) is 0 Å². The summed E-state index contributed by atoms with van der Waals surface area (Å²) in [5, 5.41) is 13.4. The van der Waals surface area contributed by atoms with Crippen LogP contribution in [0.5, 0.6) is 0 Å². The zero-order valence-corrected chi connectivity index (χ0v) is 12.2. The molecule has 0 aliphatic heterocycles. The third-order valence-corrected chi connectivity index (χ3v) is 3.30. The molecule has 114 valence electrons. The lowest BCUT2D eigenvalue weighted by Crippen LogP contribution is -2.11. The van der Waals surface area contributed by atoms with Crippen LogP contribution in [-0.4, -0.2) is 10.8 Å². The Balaban J connectivity index is 1.74. The van der Waals surface area contributed by atoms with E-state index in [-0.39, 0.29) is 11.6 Å². The van der Waals surface area contributed by atoms with E-state index in [0.717, 1.165) is 19.3 Å². The molecular weight excluding hydrogens is 280 g/mol. The van der Waals surface area contributed by atoms with Gasteiger partial charge in [-0.15, -0.1) is 0 Å². The van der Waals surface area contributed by atoms with E-state index in [1.165, 1.54) is 17.7 Å². The maximum Gasteiger partial charge on any atom is 0.271 e. The van der Waals surface area contributed by atoms with Crippen molar-refractivity contribution in [3.63, 3.8) is 0 Å². The van der Waals surface area contributed by atoms with Gasteiger partial charge in [-0.1, -0.05) is 36.4 Å². The Morgan fingerprint density at radius 2 is 1.82 bits per heavy atom. The lowest BCUT2D eigenvalue weighted by atomic mass is 10.1. The van der Waals surface area contributed by atoms with Gasteiger partial charge < -0.3 is 5.32 Å². The number of unbranched alkanes of at least 4 members (excludes halogenated alkanes) is 1. The Morgan fingerprint density at radius 3 is 2.55 bits per heavy atom. The molecule has 2 aromatic carbocycles. The van der Waals surface area contributed by atoms with Crippen molar-refractivity contribution in [2.75, 3.05) is 5.32 Å². The number of nitrogens with zero attached hydrogens (tertiary/aromatic N) is 1. The minimum absolute atomic E-state index is 0.0260. The molecule has 0 atom stereocenters. The number of anilines is 1. The van der Waals surface area contributed by atoms with Crippen molar-refractivity contribution in [3.8, 4) is 0 Å². The first kappa shape index (κ1) is 15.7. The number of aryl methyl sites for hydroxylation is 1. The number of amides is 1. The SMILES string of the molecule is O=C(CCCCc1ccccc1)Nc1cccc([N+](=O)[O-])c1. The van der Waals surface area contributed by atoms with Gasteiger partial charge in [0.25, 0.3) is 5.69 Å². The summed E-state index contributed by atoms with van der Waals surface area (Å²) in [5.41, 5.74) is 1.70. The smallest absolute Gasteiger partial charge is 0.271 e. The van der Waals surface area contributed by atoms with Crippen LogP contribution >= 0.6 is 0 Å². The summed E-state index contributed by atoms with van der Waals surface area (Å²) in [6, 6.07) is 16.1. The second-order valence-electron chi connectivity index (χ2n) is 5.05. The van der Waals surface area contributed by atoms with Gasteiger partial charge in [0.15, 0.2) is 0 Å². The molecule has 5 nitrogen and oxygen atoms in total. The zero-order valence-electron chi connectivity index (χ0n) is 12.2. The van der Waals surface area contributed by atoms with Gasteiger partial charge in [-0.25, -0.2) is 0 Å². The average Bonchev–Trinajstić information content (AvgIpc) is 2.53. The Hall–Kier alpha value is -2.69. The lowest BCUT2D eigenvalue weighted by molar-refractivity contribution is -0.384. The van der Waals surface area contributed by atoms with Gasteiger partial charge in [0.05, 0.1) is 4.92 Å². The highest BCUT2D eigenvalue weighted by Crippen LogP contribution is 2.17. The second kappa shape index (κ2) is 7.93. The van der Waals surface area contributed by atoms with Gasteiger partial charge >= 0.3 is 0 Å². The maximum absolute atomic E-state index is 11.8. The van der Waals surface area contributed by atoms with E-state index in [2.05, 4.69) is 17.4 Å². The molecular formula is C17H18N2O3. The first-order valence-electron chi connectivity index (χ1n) is 7.23. The summed E-state index contributed by atoms with van der Waals surface area (Å²) in [6.45, 7) is 0. The van der Waals surface area contributed by atoms with E-state index in [9.17, 15) is 14.9 Å². The zero-order chi connectivity index (χ0) is 15.8. The molecule has 0 spiro atoms. The van der Waals surface area contributed by atoms with Crippen LogP contribution in [0.1, 0.15) is 24.8 Å². The molecule has 0 saturated carbocycles. The number of nitro groups is 1. The van der Waals surface area contributed by atoms with Crippen LogP contribution in [0.4, 0.5) is 11.4 Å². The molecule has 22 heavy (non-hydrogen) atoms. The van der Waals surface area contributed by atoms with Crippen LogP contribution in [0, 0.1) is 10.1 Å². The molecule has 0 aliphatic carbocycles. The average molecular weight is 298 g/mol. The Kier molecular flexibility index (Phi) is 5.65. The molecule has 0 aromatic heterocycles. The number of carbonyl (C=O) groups is 1. The first-order valence-corrected chi connectivity index (χ1v) is 7.23. The number of nitro benzene ring substituents is 1. The molecule has 5 heteroatoms. The second-order valence-corrected chi connectivity index (χ2v) is 5.05. The quantitative estimate of drug-likeness (QED) is 0.478. The lowest BCUT2D eigenvalue weighted by Gasteiger charge is -2.05. The van der Waals surface area contributed by atoms with Gasteiger partial charge in [0.2, 0.25) is 5.91 Å². The van der Waals surface area contributed by atoms with E-state index in [1.54, 1.807) is 12.1 Å². The minimum atomic E-state index is -0.477. The monoisotopic (exact) mass is 298 g/mol. The van der Waals surface area contributed by atoms with Crippen LogP contribution in [0.15, 0.2) is 54.6 Å². The molecule has 1 N–H and O–H groups in total. The highest BCUT2D eigenvalue weighted by Gasteiger charge is 2.08. The van der Waals surface area contributed by atoms with Crippen molar-refractivity contribution in [1.82, 2.24) is 0 Å². The highest BCUT2D eigenvalue weighted by atomic mass is 16.6. The number of hydrogen-bond acceptors (Lipinski definition) is 3. The Bertz CT molecular complexity index is 641. The third-order valence-electron chi connectivity index (χ3n) is 3.30. The number of benzene rings is 2. The summed E-state index contributed by atoms with van der Waals surface area (Å²) >= 11 is 0. The standard InChI is InChI=1S/C17H18N2O3/c20-17(12-5-4-9-14-7-2-1-3-8-14)18-15-10-6-11-16(13-15)19(21)22/h1-3,6-8,10-11,13H,4-5,9,12H2,(H,18,20). The minimum Gasteiger partial charge on any atom is -0.326 e. The molecule has 2 aromatic rings. The fourth-order valence-corrected chi connectivity index (χ4v) is 2.18. The van der Waals surface area contributed by atoms with Gasteiger partial charge in [0.1, 0.15) is 0 Å². The molecule has 2 rings (SSSR count). The van der Waals surface area contributed by atoms with E-state index in [4.69, 9.17) is 0 Å². The predicted octanol–water partition coefficient (Wildman–Crippen LogP) is 3.95. The van der Waals surface area contributed by atoms with E-state index in [0.29, 0.717) is 12.1 Å². The van der Waals surface area contributed by atoms with Crippen molar-refractivity contribution in [2.24, 2.45) is 0 Å². The van der Waals surface area contributed by atoms with Crippen LogP contribution in [0.2, 0.25) is 0 Å². The highest BCUT2D eigenvalue weighted by molar-refractivity contribution is 5.90. The third kappa shape index (κ3) is 5.01. The summed E-state index contributed by atoms with van der Waals surface area (Å²) in [4.78, 5) is 22.0. The molecule has 0 aliphatic rings. The largest absolute Gasteiger partial charge is 0.326 e. The topological polar surface area (TPSA) is 72.2 Å². The summed E-state index contributed by atoms with van der Waals surface area (Å²) < 4.78 is 0. The first-order chi connectivity index (χ1) is 10.6. The number of carbonyl (C=O) groups excluding carboxylic acids is 1. The van der Waals surface area contributed by atoms with Crippen LogP contribution in [-0.2, 0) is 11.2 Å². The van der Waals surface area contributed by atoms with Crippen molar-refractivity contribution >= 4 is 17.3 Å². The van der Waals surface area contributed by atoms with Gasteiger partial charge in [-0.05, 0) is 30.9 Å². The normalized spacial score (nSPS) is 10.2. The summed E-state index contributed by atoms with van der Waals surface area (Å²) in [5.74, 6) is -0.117. The maximum atomic E-state index is 11.8. The molecule has 0 saturated heterocycles. The van der Waals surface area contributed by atoms with Crippen LogP contribution in [0.3, 0.4) is 0 Å². The Labute approximate surface area is 129 Å². The van der Waals surface area contributed by atoms with Crippen LogP contribution in [0.25, 0.3) is 0 Å². The van der Waals surface area contributed by atoms with Crippen molar-refractivity contribution in [1.29, 1.82) is 0 Å². The van der Waals surface area contributed by atoms with E-state index in [1.807, 2.05) is 18.2 Å². The van der Waals surface area contributed by atoms with Gasteiger partial charge in [-0.3, -0.25) is 14.9 Å². The Morgan fingerprint density at radius 1 is 1.05 bits per heavy atom. The van der Waals surface area contributed by atoms with Crippen molar-refractivity contribution in [2.45, 2.75) is 25.7 Å². The van der Waals surface area contributed by atoms with Crippen molar-refractivity contribution < 1.29 is 9.72 Å². The number of nitrogens with one attached hydrogen (secondary N) is 1. The fourth-order valence-electron chi connectivity index (χ4n) is 2.18. The number of rotatable bonds is 7. The van der Waals surface area contributed by atoms with Crippen molar-refractivity contribution in [3.05, 3.63) is 70.3 Å². The number of non-ortho nitro benzene ring substituents is 1.